The molecule has 7 heteroatoms. The molecule has 1 saturated carbocycles. The molecule has 0 heterocycles. The lowest BCUT2D eigenvalue weighted by atomic mass is 9.95. The first kappa shape index (κ1) is 22.0. The summed E-state index contributed by atoms with van der Waals surface area (Å²) in [4.78, 5) is 24.0. The predicted octanol–water partition coefficient (Wildman–Crippen LogP) is 4.40. The topological polar surface area (TPSA) is 83.1 Å². The van der Waals surface area contributed by atoms with Gasteiger partial charge in [0.05, 0.1) is 27.4 Å². The van der Waals surface area contributed by atoms with Gasteiger partial charge in [-0.05, 0) is 49.4 Å². The average molecular weight is 440 g/mol. The first-order valence-electron chi connectivity index (χ1n) is 11.0. The highest BCUT2D eigenvalue weighted by Crippen LogP contribution is 2.50. The summed E-state index contributed by atoms with van der Waals surface area (Å²) in [6, 6.07) is 9.61. The molecule has 7 nitrogen and oxygen atoms in total. The SMILES string of the molecule is CCOC(=O)NCC1(COc2c(-c3cccc4c3CCC4=O)ccc(OC)c2OC)CC1. The normalized spacial score (nSPS) is 15.7. The van der Waals surface area contributed by atoms with Crippen LogP contribution < -0.4 is 19.5 Å². The smallest absolute Gasteiger partial charge is 0.407 e. The third-order valence-corrected chi connectivity index (χ3v) is 6.23. The maximum absolute atomic E-state index is 12.3. The molecule has 1 N–H and O–H groups in total. The molecule has 2 aromatic carbocycles. The van der Waals surface area contributed by atoms with Crippen LogP contribution in [0.5, 0.6) is 17.2 Å². The molecular weight excluding hydrogens is 410 g/mol. The third kappa shape index (κ3) is 4.24. The number of Topliss-reactive ketones (excluding diaryl/α,β-unsaturated/α-hetero) is 1. The van der Waals surface area contributed by atoms with E-state index in [9.17, 15) is 9.59 Å². The van der Waals surface area contributed by atoms with Crippen molar-refractivity contribution >= 4 is 11.9 Å². The van der Waals surface area contributed by atoms with Gasteiger partial charge in [0.15, 0.2) is 17.3 Å². The Morgan fingerprint density at radius 3 is 2.47 bits per heavy atom. The lowest BCUT2D eigenvalue weighted by molar-refractivity contribution is 0.0994. The minimum atomic E-state index is -0.414. The zero-order valence-electron chi connectivity index (χ0n) is 18.8. The molecule has 2 aromatic rings. The molecule has 2 aliphatic rings. The maximum atomic E-state index is 12.3. The van der Waals surface area contributed by atoms with Crippen LogP contribution in [0.2, 0.25) is 0 Å². The summed E-state index contributed by atoms with van der Waals surface area (Å²) in [6.45, 7) is 3.02. The second-order valence-electron chi connectivity index (χ2n) is 8.30. The largest absolute Gasteiger partial charge is 0.493 e. The predicted molar refractivity (Wildman–Crippen MR) is 120 cm³/mol. The quantitative estimate of drug-likeness (QED) is 0.623. The van der Waals surface area contributed by atoms with Gasteiger partial charge >= 0.3 is 6.09 Å². The Morgan fingerprint density at radius 1 is 1.00 bits per heavy atom. The van der Waals surface area contributed by atoms with Gasteiger partial charge in [-0.1, -0.05) is 18.2 Å². The van der Waals surface area contributed by atoms with E-state index in [4.69, 9.17) is 18.9 Å². The molecule has 0 aliphatic heterocycles. The highest BCUT2D eigenvalue weighted by Gasteiger charge is 2.44. The minimum absolute atomic E-state index is 0.132. The average Bonchev–Trinajstić information content (AvgIpc) is 3.49. The summed E-state index contributed by atoms with van der Waals surface area (Å²) in [5.41, 5.74) is 3.52. The van der Waals surface area contributed by atoms with E-state index >= 15 is 0 Å². The Balaban J connectivity index is 1.64. The van der Waals surface area contributed by atoms with E-state index in [1.807, 2.05) is 30.3 Å². The molecule has 1 amide bonds. The van der Waals surface area contributed by atoms with Gasteiger partial charge in [0.1, 0.15) is 0 Å². The molecule has 0 saturated heterocycles. The maximum Gasteiger partial charge on any atom is 0.407 e. The number of alkyl carbamates (subject to hydrolysis) is 1. The summed E-state index contributed by atoms with van der Waals surface area (Å²) in [5, 5.41) is 2.82. The van der Waals surface area contributed by atoms with Crippen molar-refractivity contribution in [3.05, 3.63) is 41.5 Å². The van der Waals surface area contributed by atoms with Gasteiger partial charge in [0, 0.05) is 29.5 Å². The van der Waals surface area contributed by atoms with Crippen LogP contribution in [0.4, 0.5) is 4.79 Å². The van der Waals surface area contributed by atoms with Crippen LogP contribution in [-0.4, -0.2) is 45.9 Å². The number of hydrogen-bond acceptors (Lipinski definition) is 6. The molecular formula is C25H29NO6. The van der Waals surface area contributed by atoms with E-state index in [0.29, 0.717) is 49.8 Å². The molecule has 0 spiro atoms. The van der Waals surface area contributed by atoms with Crippen LogP contribution >= 0.6 is 0 Å². The highest BCUT2D eigenvalue weighted by molar-refractivity contribution is 6.02. The summed E-state index contributed by atoms with van der Waals surface area (Å²) in [6.07, 6.45) is 2.74. The molecule has 4 rings (SSSR count). The summed E-state index contributed by atoms with van der Waals surface area (Å²) >= 11 is 0. The van der Waals surface area contributed by atoms with E-state index in [1.165, 1.54) is 0 Å². The van der Waals surface area contributed by atoms with Gasteiger partial charge in [0.25, 0.3) is 0 Å². The molecule has 2 aliphatic carbocycles. The monoisotopic (exact) mass is 439 g/mol. The molecule has 170 valence electrons. The number of hydrogen-bond donors (Lipinski definition) is 1. The van der Waals surface area contributed by atoms with Crippen molar-refractivity contribution in [1.29, 1.82) is 0 Å². The highest BCUT2D eigenvalue weighted by atomic mass is 16.5. The second kappa shape index (κ2) is 9.10. The zero-order valence-corrected chi connectivity index (χ0v) is 18.8. The lowest BCUT2D eigenvalue weighted by Crippen LogP contribution is -2.33. The van der Waals surface area contributed by atoms with E-state index in [0.717, 1.165) is 35.1 Å². The van der Waals surface area contributed by atoms with Gasteiger partial charge < -0.3 is 24.3 Å². The van der Waals surface area contributed by atoms with Crippen molar-refractivity contribution in [2.75, 3.05) is 34.0 Å². The van der Waals surface area contributed by atoms with E-state index in [2.05, 4.69) is 5.32 Å². The van der Waals surface area contributed by atoms with Crippen molar-refractivity contribution in [3.63, 3.8) is 0 Å². The number of fused-ring (bicyclic) bond motifs is 1. The fourth-order valence-electron chi connectivity index (χ4n) is 4.21. The van der Waals surface area contributed by atoms with Crippen LogP contribution in [0, 0.1) is 5.41 Å². The van der Waals surface area contributed by atoms with Crippen LogP contribution in [-0.2, 0) is 11.2 Å². The molecule has 32 heavy (non-hydrogen) atoms. The molecule has 0 bridgehead atoms. The van der Waals surface area contributed by atoms with E-state index in [-0.39, 0.29) is 11.2 Å². The van der Waals surface area contributed by atoms with Crippen molar-refractivity contribution in [1.82, 2.24) is 5.32 Å². The Hall–Kier alpha value is -3.22. The minimum Gasteiger partial charge on any atom is -0.493 e. The Kier molecular flexibility index (Phi) is 6.26. The first-order chi connectivity index (χ1) is 15.5. The Morgan fingerprint density at radius 2 is 1.78 bits per heavy atom. The van der Waals surface area contributed by atoms with Crippen LogP contribution in [0.15, 0.2) is 30.3 Å². The number of methoxy groups -OCH3 is 2. The second-order valence-corrected chi connectivity index (χ2v) is 8.30. The van der Waals surface area contributed by atoms with Crippen LogP contribution in [0.3, 0.4) is 0 Å². The number of benzene rings is 2. The van der Waals surface area contributed by atoms with Crippen molar-refractivity contribution in [3.8, 4) is 28.4 Å². The number of ketones is 1. The summed E-state index contributed by atoms with van der Waals surface area (Å²) < 4.78 is 22.5. The van der Waals surface area contributed by atoms with Crippen molar-refractivity contribution in [2.24, 2.45) is 5.41 Å². The molecule has 1 fully saturated rings. The summed E-state index contributed by atoms with van der Waals surface area (Å²) in [7, 11) is 3.18. The first-order valence-corrected chi connectivity index (χ1v) is 11.0. The van der Waals surface area contributed by atoms with Gasteiger partial charge in [-0.3, -0.25) is 4.79 Å². The van der Waals surface area contributed by atoms with Gasteiger partial charge in [-0.15, -0.1) is 0 Å². The fourth-order valence-corrected chi connectivity index (χ4v) is 4.21. The Labute approximate surface area is 188 Å². The summed E-state index contributed by atoms with van der Waals surface area (Å²) in [5.74, 6) is 1.85. The lowest BCUT2D eigenvalue weighted by Gasteiger charge is -2.22. The molecule has 0 aromatic heterocycles. The van der Waals surface area contributed by atoms with E-state index < -0.39 is 6.09 Å². The number of amides is 1. The number of nitrogens with one attached hydrogen (secondary N) is 1. The van der Waals surface area contributed by atoms with Crippen molar-refractivity contribution in [2.45, 2.75) is 32.6 Å². The number of carbonyl (C=O) groups is 2. The van der Waals surface area contributed by atoms with Gasteiger partial charge in [-0.2, -0.15) is 0 Å². The molecule has 0 atom stereocenters. The fraction of sp³-hybridized carbons (Fsp3) is 0.440. The van der Waals surface area contributed by atoms with Gasteiger partial charge in [-0.25, -0.2) is 4.79 Å². The van der Waals surface area contributed by atoms with E-state index in [1.54, 1.807) is 21.1 Å². The van der Waals surface area contributed by atoms with Crippen LogP contribution in [0.1, 0.15) is 42.1 Å². The number of rotatable bonds is 9. The number of carbonyl (C=O) groups excluding carboxylic acids is 2. The molecule has 0 unspecified atom stereocenters. The molecule has 0 radical (unpaired) electrons. The van der Waals surface area contributed by atoms with Crippen molar-refractivity contribution < 1.29 is 28.5 Å². The standard InChI is InChI=1S/C25H29NO6/c1-4-31-24(28)26-14-25(12-13-25)15-32-22-19(9-11-21(29-2)23(22)30-3)16-6-5-7-18-17(16)8-10-20(18)27/h5-7,9,11H,4,8,10,12-15H2,1-3H3,(H,26,28). The number of ether oxygens (including phenoxy) is 4. The Bertz CT molecular complexity index is 1030. The van der Waals surface area contributed by atoms with Crippen LogP contribution in [0.25, 0.3) is 11.1 Å². The third-order valence-electron chi connectivity index (χ3n) is 6.23. The van der Waals surface area contributed by atoms with Gasteiger partial charge in [0.2, 0.25) is 5.75 Å². The zero-order chi connectivity index (χ0) is 22.7.